The number of fused-ring (bicyclic) bond motifs is 1. The van der Waals surface area contributed by atoms with Crippen molar-refractivity contribution >= 4 is 26.9 Å². The first-order chi connectivity index (χ1) is 17.6. The van der Waals surface area contributed by atoms with E-state index in [1.807, 2.05) is 43.3 Å². The van der Waals surface area contributed by atoms with Gasteiger partial charge in [0.25, 0.3) is 0 Å². The van der Waals surface area contributed by atoms with Gasteiger partial charge in [-0.05, 0) is 51.3 Å². The van der Waals surface area contributed by atoms with Gasteiger partial charge in [-0.1, -0.05) is 42.0 Å². The number of carbonyl (C=O) groups excluding carboxylic acids is 1. The van der Waals surface area contributed by atoms with E-state index in [4.69, 9.17) is 9.15 Å². The summed E-state index contributed by atoms with van der Waals surface area (Å²) in [5.41, 5.74) is 2.40. The first kappa shape index (κ1) is 27.0. The van der Waals surface area contributed by atoms with Crippen molar-refractivity contribution in [2.75, 3.05) is 19.7 Å². The first-order valence-electron chi connectivity index (χ1n) is 12.6. The Hall–Kier alpha value is -3.01. The van der Waals surface area contributed by atoms with E-state index in [9.17, 15) is 18.0 Å². The van der Waals surface area contributed by atoms with Crippen molar-refractivity contribution in [3.05, 3.63) is 81.7 Å². The second-order valence-electron chi connectivity index (χ2n) is 9.85. The van der Waals surface area contributed by atoms with Crippen LogP contribution in [0.5, 0.6) is 0 Å². The van der Waals surface area contributed by atoms with Crippen LogP contribution in [0.4, 0.5) is 0 Å². The van der Waals surface area contributed by atoms with Gasteiger partial charge in [0.05, 0.1) is 41.7 Å². The normalized spacial score (nSPS) is 16.1. The van der Waals surface area contributed by atoms with Gasteiger partial charge in [0, 0.05) is 19.7 Å². The number of carbonyl (C=O) groups is 1. The smallest absolute Gasteiger partial charge is 0.238 e. The zero-order valence-electron chi connectivity index (χ0n) is 21.6. The van der Waals surface area contributed by atoms with Gasteiger partial charge < -0.3 is 14.1 Å². The van der Waals surface area contributed by atoms with Crippen LogP contribution < -0.4 is 5.43 Å². The second kappa shape index (κ2) is 11.6. The standard InChI is InChI=1S/C28H34N2O6S/c1-20(2)37(33,34)30(17-24-10-7-13-35-24)18-27(31)29(15-22-8-5-4-6-9-22)16-23-19-36-26-12-11-21(3)14-25(26)28(23)32/h4-6,8-9,11-12,14,19-20,24H,7,10,13,15-18H2,1-3H3. The van der Waals surface area contributed by atoms with Crippen LogP contribution in [0.25, 0.3) is 11.0 Å². The topological polar surface area (TPSA) is 97.1 Å². The predicted molar refractivity (Wildman–Crippen MR) is 143 cm³/mol. The number of hydrogen-bond acceptors (Lipinski definition) is 6. The fraction of sp³-hybridized carbons (Fsp3) is 0.429. The Morgan fingerprint density at radius 3 is 2.54 bits per heavy atom. The molecule has 0 saturated carbocycles. The largest absolute Gasteiger partial charge is 0.464 e. The number of amides is 1. The molecule has 0 radical (unpaired) electrons. The minimum Gasteiger partial charge on any atom is -0.464 e. The Bertz CT molecular complexity index is 1400. The van der Waals surface area contributed by atoms with Crippen LogP contribution in [-0.4, -0.2) is 54.6 Å². The van der Waals surface area contributed by atoms with E-state index in [0.717, 1.165) is 24.0 Å². The molecular weight excluding hydrogens is 492 g/mol. The first-order valence-corrected chi connectivity index (χ1v) is 14.1. The minimum absolute atomic E-state index is 0.00453. The van der Waals surface area contributed by atoms with Gasteiger partial charge in [0.1, 0.15) is 5.58 Å². The third-order valence-corrected chi connectivity index (χ3v) is 8.82. The molecule has 2 heterocycles. The van der Waals surface area contributed by atoms with Crippen molar-refractivity contribution in [3.8, 4) is 0 Å². The molecule has 0 N–H and O–H groups in total. The summed E-state index contributed by atoms with van der Waals surface area (Å²) >= 11 is 0. The Labute approximate surface area is 217 Å². The molecule has 1 unspecified atom stereocenters. The van der Waals surface area contributed by atoms with Crippen molar-refractivity contribution in [1.82, 2.24) is 9.21 Å². The van der Waals surface area contributed by atoms with Crippen LogP contribution >= 0.6 is 0 Å². The highest BCUT2D eigenvalue weighted by Gasteiger charge is 2.33. The molecule has 37 heavy (non-hydrogen) atoms. The monoisotopic (exact) mass is 526 g/mol. The van der Waals surface area contributed by atoms with Gasteiger partial charge in [-0.15, -0.1) is 0 Å². The molecule has 9 heteroatoms. The molecule has 0 bridgehead atoms. The highest BCUT2D eigenvalue weighted by molar-refractivity contribution is 7.89. The molecule has 0 aliphatic carbocycles. The van der Waals surface area contributed by atoms with Crippen molar-refractivity contribution in [2.24, 2.45) is 0 Å². The molecule has 3 aromatic rings. The average molecular weight is 527 g/mol. The summed E-state index contributed by atoms with van der Waals surface area (Å²) in [6.45, 7) is 5.71. The maximum absolute atomic E-state index is 13.7. The number of aryl methyl sites for hydroxylation is 1. The molecule has 1 aromatic heterocycles. The average Bonchev–Trinajstić information content (AvgIpc) is 3.39. The molecule has 1 aliphatic heterocycles. The summed E-state index contributed by atoms with van der Waals surface area (Å²) in [6.07, 6.45) is 2.77. The molecule has 0 spiro atoms. The zero-order valence-corrected chi connectivity index (χ0v) is 22.4. The van der Waals surface area contributed by atoms with Crippen molar-refractivity contribution in [2.45, 2.75) is 58.1 Å². The number of hydrogen-bond donors (Lipinski definition) is 0. The van der Waals surface area contributed by atoms with Crippen LogP contribution in [0.2, 0.25) is 0 Å². The van der Waals surface area contributed by atoms with Crippen LogP contribution in [0, 0.1) is 6.92 Å². The lowest BCUT2D eigenvalue weighted by Gasteiger charge is -2.29. The Balaban J connectivity index is 1.64. The maximum atomic E-state index is 13.7. The maximum Gasteiger partial charge on any atom is 0.238 e. The minimum atomic E-state index is -3.72. The Morgan fingerprint density at radius 2 is 1.86 bits per heavy atom. The number of benzene rings is 2. The quantitative estimate of drug-likeness (QED) is 0.398. The van der Waals surface area contributed by atoms with Gasteiger partial charge in [-0.3, -0.25) is 9.59 Å². The van der Waals surface area contributed by atoms with E-state index in [1.165, 1.54) is 15.5 Å². The van der Waals surface area contributed by atoms with Gasteiger partial charge in [-0.25, -0.2) is 8.42 Å². The van der Waals surface area contributed by atoms with Crippen LogP contribution in [0.1, 0.15) is 43.4 Å². The molecule has 1 amide bonds. The summed E-state index contributed by atoms with van der Waals surface area (Å²) in [5.74, 6) is -0.394. The lowest BCUT2D eigenvalue weighted by atomic mass is 10.1. The SMILES string of the molecule is Cc1ccc2occ(CN(Cc3ccccc3)C(=O)CN(CC3CCCO3)S(=O)(=O)C(C)C)c(=O)c2c1. The molecule has 1 atom stereocenters. The van der Waals surface area contributed by atoms with Gasteiger partial charge in [0.2, 0.25) is 15.9 Å². The van der Waals surface area contributed by atoms with E-state index in [0.29, 0.717) is 23.1 Å². The molecule has 2 aromatic carbocycles. The summed E-state index contributed by atoms with van der Waals surface area (Å²) in [6, 6.07) is 14.8. The second-order valence-corrected chi connectivity index (χ2v) is 12.3. The zero-order chi connectivity index (χ0) is 26.6. The summed E-state index contributed by atoms with van der Waals surface area (Å²) in [4.78, 5) is 28.5. The molecule has 1 saturated heterocycles. The fourth-order valence-electron chi connectivity index (χ4n) is 4.46. The molecule has 4 rings (SSSR count). The lowest BCUT2D eigenvalue weighted by Crippen LogP contribution is -2.47. The van der Waals surface area contributed by atoms with Crippen molar-refractivity contribution in [3.63, 3.8) is 0 Å². The van der Waals surface area contributed by atoms with Crippen molar-refractivity contribution < 1.29 is 22.4 Å². The molecule has 1 aliphatic rings. The van der Waals surface area contributed by atoms with Gasteiger partial charge in [-0.2, -0.15) is 4.31 Å². The highest BCUT2D eigenvalue weighted by Crippen LogP contribution is 2.19. The third kappa shape index (κ3) is 6.47. The molecule has 198 valence electrons. The number of nitrogens with zero attached hydrogens (tertiary/aromatic N) is 2. The number of rotatable bonds is 10. The number of ether oxygens (including phenoxy) is 1. The van der Waals surface area contributed by atoms with Crippen LogP contribution in [0.3, 0.4) is 0 Å². The Morgan fingerprint density at radius 1 is 1.11 bits per heavy atom. The van der Waals surface area contributed by atoms with E-state index < -0.39 is 21.2 Å². The van der Waals surface area contributed by atoms with Gasteiger partial charge in [0.15, 0.2) is 5.43 Å². The fourth-order valence-corrected chi connectivity index (χ4v) is 5.72. The van der Waals surface area contributed by atoms with Crippen molar-refractivity contribution in [1.29, 1.82) is 0 Å². The predicted octanol–water partition coefficient (Wildman–Crippen LogP) is 3.85. The summed E-state index contributed by atoms with van der Waals surface area (Å²) < 4.78 is 38.9. The van der Waals surface area contributed by atoms with E-state index in [2.05, 4.69) is 0 Å². The highest BCUT2D eigenvalue weighted by atomic mass is 32.2. The third-order valence-electron chi connectivity index (χ3n) is 6.63. The Kier molecular flexibility index (Phi) is 8.46. The molecular formula is C28H34N2O6S. The van der Waals surface area contributed by atoms with Crippen LogP contribution in [-0.2, 0) is 32.6 Å². The summed E-state index contributed by atoms with van der Waals surface area (Å²) in [5, 5.41) is -0.230. The number of sulfonamides is 1. The summed E-state index contributed by atoms with van der Waals surface area (Å²) in [7, 11) is -3.72. The van der Waals surface area contributed by atoms with Gasteiger partial charge >= 0.3 is 0 Å². The molecule has 8 nitrogen and oxygen atoms in total. The van der Waals surface area contributed by atoms with E-state index >= 15 is 0 Å². The molecule has 1 fully saturated rings. The van der Waals surface area contributed by atoms with E-state index in [-0.39, 0.29) is 37.7 Å². The van der Waals surface area contributed by atoms with E-state index in [1.54, 1.807) is 26.0 Å². The lowest BCUT2D eigenvalue weighted by molar-refractivity contribution is -0.132. The van der Waals surface area contributed by atoms with Crippen LogP contribution in [0.15, 0.2) is 64.0 Å².